The average Bonchev–Trinajstić information content (AvgIpc) is 2.70. The summed E-state index contributed by atoms with van der Waals surface area (Å²) in [6.45, 7) is 4.40. The summed E-state index contributed by atoms with van der Waals surface area (Å²) in [6.07, 6.45) is 2.03. The zero-order valence-electron chi connectivity index (χ0n) is 11.3. The second kappa shape index (κ2) is 6.71. The Balaban J connectivity index is 2.26. The first-order valence-electron chi connectivity index (χ1n) is 6.53. The van der Waals surface area contributed by atoms with Crippen LogP contribution in [-0.4, -0.2) is 50.6 Å². The van der Waals surface area contributed by atoms with E-state index < -0.39 is 10.0 Å². The molecule has 1 N–H and O–H groups in total. The lowest BCUT2D eigenvalue weighted by Crippen LogP contribution is -2.33. The number of pyridine rings is 1. The van der Waals surface area contributed by atoms with E-state index in [2.05, 4.69) is 10.3 Å². The zero-order valence-corrected chi connectivity index (χ0v) is 12.9. The predicted molar refractivity (Wildman–Crippen MR) is 77.6 cm³/mol. The highest BCUT2D eigenvalue weighted by molar-refractivity contribution is 7.89. The minimum Gasteiger partial charge on any atom is -0.380 e. The largest absolute Gasteiger partial charge is 0.380 e. The molecular formula is C12H18ClN3O3S. The van der Waals surface area contributed by atoms with Crippen molar-refractivity contribution in [1.29, 1.82) is 0 Å². The van der Waals surface area contributed by atoms with Gasteiger partial charge in [-0.1, -0.05) is 11.6 Å². The molecule has 112 valence electrons. The molecule has 0 aromatic carbocycles. The minimum atomic E-state index is -3.56. The van der Waals surface area contributed by atoms with Crippen molar-refractivity contribution in [3.63, 3.8) is 0 Å². The van der Waals surface area contributed by atoms with Crippen LogP contribution < -0.4 is 5.32 Å². The molecule has 1 aliphatic heterocycles. The van der Waals surface area contributed by atoms with E-state index in [1.807, 2.05) is 6.92 Å². The summed E-state index contributed by atoms with van der Waals surface area (Å²) < 4.78 is 31.7. The summed E-state index contributed by atoms with van der Waals surface area (Å²) in [5.41, 5.74) is 0. The van der Waals surface area contributed by atoms with Gasteiger partial charge in [-0.3, -0.25) is 0 Å². The summed E-state index contributed by atoms with van der Waals surface area (Å²) in [6, 6.07) is 1.44. The maximum Gasteiger partial charge on any atom is 0.244 e. The second-order valence-electron chi connectivity index (χ2n) is 4.40. The van der Waals surface area contributed by atoms with Crippen LogP contribution >= 0.6 is 11.6 Å². The van der Waals surface area contributed by atoms with Crippen molar-refractivity contribution in [2.75, 3.05) is 38.2 Å². The summed E-state index contributed by atoms with van der Waals surface area (Å²) in [5, 5.41) is 3.28. The van der Waals surface area contributed by atoms with E-state index in [-0.39, 0.29) is 4.90 Å². The van der Waals surface area contributed by atoms with Crippen LogP contribution in [-0.2, 0) is 14.8 Å². The first kappa shape index (κ1) is 15.5. The molecule has 0 spiro atoms. The molecule has 0 saturated carbocycles. The van der Waals surface area contributed by atoms with Crippen LogP contribution in [0.15, 0.2) is 17.2 Å². The number of nitrogens with zero attached hydrogens (tertiary/aromatic N) is 2. The lowest BCUT2D eigenvalue weighted by atomic mass is 10.4. The first-order chi connectivity index (χ1) is 9.55. The maximum absolute atomic E-state index is 12.5. The molecule has 1 fully saturated rings. The van der Waals surface area contributed by atoms with Gasteiger partial charge in [0.1, 0.15) is 10.7 Å². The third-order valence-electron chi connectivity index (χ3n) is 2.98. The lowest BCUT2D eigenvalue weighted by molar-refractivity contribution is 0.148. The number of rotatable bonds is 4. The third kappa shape index (κ3) is 3.41. The van der Waals surface area contributed by atoms with E-state index >= 15 is 0 Å². The number of nitrogens with one attached hydrogen (secondary N) is 1. The van der Waals surface area contributed by atoms with Gasteiger partial charge in [0, 0.05) is 32.4 Å². The van der Waals surface area contributed by atoms with Gasteiger partial charge in [-0.15, -0.1) is 0 Å². The van der Waals surface area contributed by atoms with Crippen molar-refractivity contribution in [1.82, 2.24) is 9.29 Å². The zero-order chi connectivity index (χ0) is 14.6. The molecule has 20 heavy (non-hydrogen) atoms. The van der Waals surface area contributed by atoms with Gasteiger partial charge in [-0.2, -0.15) is 4.31 Å². The molecule has 2 rings (SSSR count). The summed E-state index contributed by atoms with van der Waals surface area (Å²) in [4.78, 5) is 4.19. The lowest BCUT2D eigenvalue weighted by Gasteiger charge is -2.19. The number of aromatic nitrogens is 1. The van der Waals surface area contributed by atoms with Gasteiger partial charge in [0.05, 0.1) is 11.6 Å². The highest BCUT2D eigenvalue weighted by Gasteiger charge is 2.26. The molecule has 1 aromatic heterocycles. The van der Waals surface area contributed by atoms with E-state index in [0.717, 1.165) is 0 Å². The Labute approximate surface area is 124 Å². The monoisotopic (exact) mass is 319 g/mol. The van der Waals surface area contributed by atoms with Gasteiger partial charge >= 0.3 is 0 Å². The van der Waals surface area contributed by atoms with E-state index in [1.165, 1.54) is 16.6 Å². The fourth-order valence-electron chi connectivity index (χ4n) is 1.97. The van der Waals surface area contributed by atoms with Crippen LogP contribution in [0, 0.1) is 0 Å². The molecule has 6 nitrogen and oxygen atoms in total. The number of hydrogen-bond acceptors (Lipinski definition) is 5. The second-order valence-corrected chi connectivity index (χ2v) is 6.75. The molecule has 0 unspecified atom stereocenters. The molecule has 0 aliphatic carbocycles. The van der Waals surface area contributed by atoms with Crippen LogP contribution in [0.2, 0.25) is 5.02 Å². The average molecular weight is 320 g/mol. The number of ether oxygens (including phenoxy) is 1. The van der Waals surface area contributed by atoms with Gasteiger partial charge in [0.2, 0.25) is 10.0 Å². The normalized spacial score (nSPS) is 17.7. The van der Waals surface area contributed by atoms with Crippen LogP contribution in [0.5, 0.6) is 0 Å². The molecule has 0 amide bonds. The third-order valence-corrected chi connectivity index (χ3v) is 5.13. The van der Waals surface area contributed by atoms with Crippen molar-refractivity contribution in [3.8, 4) is 0 Å². The van der Waals surface area contributed by atoms with Crippen molar-refractivity contribution in [2.24, 2.45) is 0 Å². The van der Waals surface area contributed by atoms with Gasteiger partial charge in [-0.25, -0.2) is 13.4 Å². The van der Waals surface area contributed by atoms with E-state index in [1.54, 1.807) is 0 Å². The molecule has 8 heteroatoms. The van der Waals surface area contributed by atoms with Gasteiger partial charge < -0.3 is 10.1 Å². The van der Waals surface area contributed by atoms with Gasteiger partial charge in [-0.05, 0) is 19.4 Å². The molecule has 1 aliphatic rings. The SMILES string of the molecule is CCNc1ncc(S(=O)(=O)N2CCCOCC2)cc1Cl. The number of anilines is 1. The first-order valence-corrected chi connectivity index (χ1v) is 8.35. The fraction of sp³-hybridized carbons (Fsp3) is 0.583. The summed E-state index contributed by atoms with van der Waals surface area (Å²) in [5.74, 6) is 0.493. The topological polar surface area (TPSA) is 71.5 Å². The highest BCUT2D eigenvalue weighted by atomic mass is 35.5. The Morgan fingerprint density at radius 3 is 2.95 bits per heavy atom. The molecule has 0 bridgehead atoms. The van der Waals surface area contributed by atoms with Crippen LogP contribution in [0.1, 0.15) is 13.3 Å². The molecule has 0 radical (unpaired) electrons. The quantitative estimate of drug-likeness (QED) is 0.912. The van der Waals surface area contributed by atoms with E-state index in [9.17, 15) is 8.42 Å². The Morgan fingerprint density at radius 1 is 1.45 bits per heavy atom. The number of hydrogen-bond donors (Lipinski definition) is 1. The Kier molecular flexibility index (Phi) is 5.20. The molecule has 0 atom stereocenters. The predicted octanol–water partition coefficient (Wildman–Crippen LogP) is 1.58. The van der Waals surface area contributed by atoms with Crippen molar-refractivity contribution >= 4 is 27.4 Å². The summed E-state index contributed by atoms with van der Waals surface area (Å²) >= 11 is 6.05. The van der Waals surface area contributed by atoms with Crippen LogP contribution in [0.25, 0.3) is 0 Å². The van der Waals surface area contributed by atoms with Gasteiger partial charge in [0.25, 0.3) is 0 Å². The summed E-state index contributed by atoms with van der Waals surface area (Å²) in [7, 11) is -3.56. The van der Waals surface area contributed by atoms with Crippen LogP contribution in [0.4, 0.5) is 5.82 Å². The number of halogens is 1. The Morgan fingerprint density at radius 2 is 2.25 bits per heavy atom. The fourth-order valence-corrected chi connectivity index (χ4v) is 3.70. The van der Waals surface area contributed by atoms with E-state index in [4.69, 9.17) is 16.3 Å². The van der Waals surface area contributed by atoms with Crippen LogP contribution in [0.3, 0.4) is 0 Å². The van der Waals surface area contributed by atoms with Crippen molar-refractivity contribution < 1.29 is 13.2 Å². The smallest absolute Gasteiger partial charge is 0.244 e. The molecular weight excluding hydrogens is 302 g/mol. The van der Waals surface area contributed by atoms with Crippen molar-refractivity contribution in [3.05, 3.63) is 17.3 Å². The maximum atomic E-state index is 12.5. The minimum absolute atomic E-state index is 0.117. The Bertz CT molecular complexity index is 557. The Hall–Kier alpha value is -0.890. The highest BCUT2D eigenvalue weighted by Crippen LogP contribution is 2.24. The number of sulfonamides is 1. The molecule has 1 saturated heterocycles. The molecule has 1 aromatic rings. The van der Waals surface area contributed by atoms with Gasteiger partial charge in [0.15, 0.2) is 0 Å². The van der Waals surface area contributed by atoms with E-state index in [0.29, 0.717) is 50.1 Å². The standard InChI is InChI=1S/C12H18ClN3O3S/c1-2-14-12-11(13)8-10(9-15-12)20(17,18)16-4-3-6-19-7-5-16/h8-9H,2-7H2,1H3,(H,14,15). The molecule has 2 heterocycles. The van der Waals surface area contributed by atoms with Crippen molar-refractivity contribution in [2.45, 2.75) is 18.2 Å².